The summed E-state index contributed by atoms with van der Waals surface area (Å²) < 4.78 is 78.3. The van der Waals surface area contributed by atoms with Gasteiger partial charge in [0, 0.05) is 12.7 Å². The number of carbonyl (C=O) groups excluding carboxylic acids is 1. The Kier molecular flexibility index (Phi) is 6.74. The van der Waals surface area contributed by atoms with Gasteiger partial charge in [-0.15, -0.1) is 6.42 Å². The Balaban J connectivity index is 3.43. The first kappa shape index (κ1) is 22.2. The van der Waals surface area contributed by atoms with Crippen molar-refractivity contribution in [1.82, 2.24) is 4.90 Å². The van der Waals surface area contributed by atoms with Crippen LogP contribution in [0.2, 0.25) is 0 Å². The first-order valence-electron chi connectivity index (χ1n) is 7.45. The Labute approximate surface area is 152 Å². The Hall–Kier alpha value is -2.88. The van der Waals surface area contributed by atoms with Crippen LogP contribution in [0.5, 0.6) is 0 Å². The topological polar surface area (TPSA) is 47.3 Å². The summed E-state index contributed by atoms with van der Waals surface area (Å²) in [6, 6.07) is 2.03. The van der Waals surface area contributed by atoms with E-state index in [1.807, 2.05) is 0 Å². The van der Waals surface area contributed by atoms with Crippen LogP contribution in [-0.4, -0.2) is 43.2 Å². The second kappa shape index (κ2) is 8.21. The van der Waals surface area contributed by atoms with Crippen molar-refractivity contribution in [1.29, 1.82) is 5.26 Å². The first-order chi connectivity index (χ1) is 12.3. The van der Waals surface area contributed by atoms with Crippen molar-refractivity contribution < 1.29 is 31.1 Å². The molecule has 146 valence electrons. The Bertz CT molecular complexity index is 773. The fourth-order valence-electron chi connectivity index (χ4n) is 2.35. The van der Waals surface area contributed by atoms with E-state index >= 15 is 0 Å². The van der Waals surface area contributed by atoms with Gasteiger partial charge in [0.2, 0.25) is 5.91 Å². The van der Waals surface area contributed by atoms with E-state index in [0.717, 1.165) is 24.0 Å². The van der Waals surface area contributed by atoms with Gasteiger partial charge in [0.1, 0.15) is 12.6 Å². The maximum atomic E-state index is 13.1. The van der Waals surface area contributed by atoms with Crippen molar-refractivity contribution in [2.24, 2.45) is 0 Å². The SMILES string of the molecule is C#CCN(C)C(=O)C(C)N(CC(F)(F)F)c1ccc(C#N)c(C(F)(F)F)c1. The fourth-order valence-corrected chi connectivity index (χ4v) is 2.35. The second-order valence-corrected chi connectivity index (χ2v) is 5.66. The number of alkyl halides is 6. The van der Waals surface area contributed by atoms with Gasteiger partial charge < -0.3 is 9.80 Å². The molecular formula is C17H15F6N3O. The van der Waals surface area contributed by atoms with Gasteiger partial charge in [0.15, 0.2) is 0 Å². The summed E-state index contributed by atoms with van der Waals surface area (Å²) in [4.78, 5) is 13.8. The van der Waals surface area contributed by atoms with Crippen LogP contribution >= 0.6 is 0 Å². The maximum absolute atomic E-state index is 13.1. The maximum Gasteiger partial charge on any atom is 0.417 e. The zero-order valence-electron chi connectivity index (χ0n) is 14.3. The number of halogens is 6. The molecule has 0 aliphatic heterocycles. The van der Waals surface area contributed by atoms with E-state index in [1.54, 1.807) is 0 Å². The van der Waals surface area contributed by atoms with Crippen molar-refractivity contribution >= 4 is 11.6 Å². The molecule has 10 heteroatoms. The quantitative estimate of drug-likeness (QED) is 0.571. The summed E-state index contributed by atoms with van der Waals surface area (Å²) >= 11 is 0. The summed E-state index contributed by atoms with van der Waals surface area (Å²) in [6.45, 7) is -0.705. The highest BCUT2D eigenvalue weighted by atomic mass is 19.4. The highest BCUT2D eigenvalue weighted by molar-refractivity contribution is 5.85. The van der Waals surface area contributed by atoms with Gasteiger partial charge in [-0.25, -0.2) is 0 Å². The highest BCUT2D eigenvalue weighted by Crippen LogP contribution is 2.35. The van der Waals surface area contributed by atoms with Crippen LogP contribution in [0.15, 0.2) is 18.2 Å². The average Bonchev–Trinajstić information content (AvgIpc) is 2.56. The van der Waals surface area contributed by atoms with Crippen molar-refractivity contribution in [3.8, 4) is 18.4 Å². The molecular weight excluding hydrogens is 376 g/mol. The molecule has 0 bridgehead atoms. The minimum Gasteiger partial charge on any atom is -0.351 e. The van der Waals surface area contributed by atoms with Gasteiger partial charge in [-0.05, 0) is 25.1 Å². The third-order valence-corrected chi connectivity index (χ3v) is 3.64. The van der Waals surface area contributed by atoms with Crippen molar-refractivity contribution in [2.75, 3.05) is 25.0 Å². The van der Waals surface area contributed by atoms with E-state index in [4.69, 9.17) is 11.7 Å². The number of carbonyl (C=O) groups is 1. The van der Waals surface area contributed by atoms with E-state index in [-0.39, 0.29) is 6.54 Å². The summed E-state index contributed by atoms with van der Waals surface area (Å²) in [5.41, 5.74) is -2.61. The molecule has 1 atom stereocenters. The number of hydrogen-bond acceptors (Lipinski definition) is 3. The zero-order valence-corrected chi connectivity index (χ0v) is 14.3. The third-order valence-electron chi connectivity index (χ3n) is 3.64. The number of nitrogens with zero attached hydrogens (tertiary/aromatic N) is 3. The van der Waals surface area contributed by atoms with Gasteiger partial charge in [0.05, 0.1) is 23.7 Å². The molecule has 0 spiro atoms. The molecule has 1 amide bonds. The number of hydrogen-bond donors (Lipinski definition) is 0. The molecule has 0 aliphatic rings. The smallest absolute Gasteiger partial charge is 0.351 e. The van der Waals surface area contributed by atoms with Gasteiger partial charge in [-0.3, -0.25) is 4.79 Å². The van der Waals surface area contributed by atoms with Gasteiger partial charge >= 0.3 is 12.4 Å². The summed E-state index contributed by atoms with van der Waals surface area (Å²) in [7, 11) is 1.27. The molecule has 0 radical (unpaired) electrons. The number of anilines is 1. The van der Waals surface area contributed by atoms with E-state index in [9.17, 15) is 31.1 Å². The molecule has 0 aromatic heterocycles. The third kappa shape index (κ3) is 5.81. The minimum atomic E-state index is -4.95. The monoisotopic (exact) mass is 391 g/mol. The zero-order chi connectivity index (χ0) is 21.0. The molecule has 0 fully saturated rings. The van der Waals surface area contributed by atoms with Crippen molar-refractivity contribution in [3.63, 3.8) is 0 Å². The number of likely N-dealkylation sites (N-methyl/N-ethyl adjacent to an activating group) is 1. The largest absolute Gasteiger partial charge is 0.417 e. The van der Waals surface area contributed by atoms with Gasteiger partial charge in [0.25, 0.3) is 0 Å². The molecule has 0 saturated heterocycles. The number of benzene rings is 1. The first-order valence-corrected chi connectivity index (χ1v) is 7.45. The van der Waals surface area contributed by atoms with Crippen LogP contribution in [0, 0.1) is 23.7 Å². The lowest BCUT2D eigenvalue weighted by atomic mass is 10.1. The van der Waals surface area contributed by atoms with Crippen LogP contribution in [-0.2, 0) is 11.0 Å². The Morgan fingerprint density at radius 1 is 1.26 bits per heavy atom. The molecule has 1 aromatic carbocycles. The van der Waals surface area contributed by atoms with Crippen LogP contribution in [0.1, 0.15) is 18.1 Å². The van der Waals surface area contributed by atoms with Gasteiger partial charge in [-0.1, -0.05) is 5.92 Å². The van der Waals surface area contributed by atoms with Crippen molar-refractivity contribution in [3.05, 3.63) is 29.3 Å². The molecule has 0 heterocycles. The standard InChI is InChI=1S/C17H15F6N3O/c1-4-7-25(3)15(27)11(2)26(10-16(18,19)20)13-6-5-12(9-24)14(8-13)17(21,22)23/h1,5-6,8,11H,7,10H2,2-3H3. The lowest BCUT2D eigenvalue weighted by Gasteiger charge is -2.33. The fraction of sp³-hybridized carbons (Fsp3) is 0.412. The van der Waals surface area contributed by atoms with E-state index < -0.39 is 47.7 Å². The normalized spacial score (nSPS) is 12.7. The van der Waals surface area contributed by atoms with Crippen LogP contribution in [0.25, 0.3) is 0 Å². The average molecular weight is 391 g/mol. The highest BCUT2D eigenvalue weighted by Gasteiger charge is 2.38. The number of rotatable bonds is 5. The number of terminal acetylenes is 1. The molecule has 4 nitrogen and oxygen atoms in total. The number of nitriles is 1. The summed E-state index contributed by atoms with van der Waals surface area (Å²) in [5.74, 6) is 1.36. The molecule has 0 saturated carbocycles. The van der Waals surface area contributed by atoms with Crippen LogP contribution in [0.4, 0.5) is 32.0 Å². The molecule has 1 aromatic rings. The van der Waals surface area contributed by atoms with Crippen LogP contribution < -0.4 is 4.90 Å². The molecule has 27 heavy (non-hydrogen) atoms. The molecule has 0 aliphatic carbocycles. The predicted molar refractivity (Wildman–Crippen MR) is 85.5 cm³/mol. The number of amides is 1. The lowest BCUT2D eigenvalue weighted by molar-refractivity contribution is -0.137. The minimum absolute atomic E-state index is 0.176. The summed E-state index contributed by atoms with van der Waals surface area (Å²) in [6.07, 6.45) is -4.67. The van der Waals surface area contributed by atoms with E-state index in [2.05, 4.69) is 5.92 Å². The van der Waals surface area contributed by atoms with E-state index in [1.165, 1.54) is 13.1 Å². The predicted octanol–water partition coefficient (Wildman–Crippen LogP) is 3.43. The Morgan fingerprint density at radius 2 is 1.85 bits per heavy atom. The molecule has 0 N–H and O–H groups in total. The summed E-state index contributed by atoms with van der Waals surface area (Å²) in [5, 5.41) is 8.80. The Morgan fingerprint density at radius 3 is 2.30 bits per heavy atom. The molecule has 1 rings (SSSR count). The van der Waals surface area contributed by atoms with E-state index in [0.29, 0.717) is 11.0 Å². The van der Waals surface area contributed by atoms with Crippen LogP contribution in [0.3, 0.4) is 0 Å². The lowest BCUT2D eigenvalue weighted by Crippen LogP contribution is -2.49. The molecule has 1 unspecified atom stereocenters. The second-order valence-electron chi connectivity index (χ2n) is 5.66. The van der Waals surface area contributed by atoms with Gasteiger partial charge in [-0.2, -0.15) is 31.6 Å². The van der Waals surface area contributed by atoms with Crippen molar-refractivity contribution in [2.45, 2.75) is 25.3 Å².